The fourth-order valence-corrected chi connectivity index (χ4v) is 2.49. The first-order valence-corrected chi connectivity index (χ1v) is 6.94. The number of carbonyl (C=O) groups is 1. The molecule has 0 radical (unpaired) electrons. The van der Waals surface area contributed by atoms with Gasteiger partial charge in [-0.05, 0) is 42.5 Å². The second kappa shape index (κ2) is 5.25. The molecular formula is C15H11BrFNO2. The smallest absolute Gasteiger partial charge is 0.258 e. The summed E-state index contributed by atoms with van der Waals surface area (Å²) in [5, 5.41) is 0. The molecule has 102 valence electrons. The quantitative estimate of drug-likeness (QED) is 0.796. The van der Waals surface area contributed by atoms with Gasteiger partial charge in [0.25, 0.3) is 5.91 Å². The third-order valence-electron chi connectivity index (χ3n) is 3.12. The number of amides is 1. The summed E-state index contributed by atoms with van der Waals surface area (Å²) in [6.07, 6.45) is 0. The van der Waals surface area contributed by atoms with E-state index in [1.807, 2.05) is 18.2 Å². The maximum atomic E-state index is 12.9. The minimum absolute atomic E-state index is 0.156. The summed E-state index contributed by atoms with van der Waals surface area (Å²) in [6.45, 7) is 0.918. The van der Waals surface area contributed by atoms with Crippen LogP contribution in [0.5, 0.6) is 5.75 Å². The molecule has 0 aliphatic carbocycles. The first-order chi connectivity index (χ1) is 9.65. The van der Waals surface area contributed by atoms with E-state index in [2.05, 4.69) is 15.9 Å². The van der Waals surface area contributed by atoms with Crippen molar-refractivity contribution in [2.24, 2.45) is 0 Å². The zero-order valence-electron chi connectivity index (χ0n) is 10.5. The predicted octanol–water partition coefficient (Wildman–Crippen LogP) is 3.63. The van der Waals surface area contributed by atoms with E-state index < -0.39 is 0 Å². The highest BCUT2D eigenvalue weighted by Crippen LogP contribution is 2.34. The van der Waals surface area contributed by atoms with E-state index in [9.17, 15) is 9.18 Å². The first kappa shape index (κ1) is 13.1. The monoisotopic (exact) mass is 335 g/mol. The van der Waals surface area contributed by atoms with Crippen molar-refractivity contribution in [1.29, 1.82) is 0 Å². The Balaban J connectivity index is 1.96. The molecule has 1 heterocycles. The molecular weight excluding hydrogens is 325 g/mol. The van der Waals surface area contributed by atoms with Crippen LogP contribution in [0.1, 0.15) is 10.4 Å². The summed E-state index contributed by atoms with van der Waals surface area (Å²) in [4.78, 5) is 14.1. The highest BCUT2D eigenvalue weighted by atomic mass is 79.9. The lowest BCUT2D eigenvalue weighted by atomic mass is 10.1. The van der Waals surface area contributed by atoms with E-state index >= 15 is 0 Å². The van der Waals surface area contributed by atoms with Crippen LogP contribution in [0.25, 0.3) is 0 Å². The second-order valence-electron chi connectivity index (χ2n) is 4.42. The van der Waals surface area contributed by atoms with E-state index in [4.69, 9.17) is 4.74 Å². The van der Waals surface area contributed by atoms with Crippen LogP contribution in [-0.4, -0.2) is 19.1 Å². The molecule has 0 saturated carbocycles. The number of nitrogens with zero attached hydrogens (tertiary/aromatic N) is 1. The Morgan fingerprint density at radius 2 is 1.95 bits per heavy atom. The summed E-state index contributed by atoms with van der Waals surface area (Å²) >= 11 is 3.38. The molecule has 1 aliphatic heterocycles. The van der Waals surface area contributed by atoms with Crippen molar-refractivity contribution in [1.82, 2.24) is 0 Å². The van der Waals surface area contributed by atoms with Crippen LogP contribution >= 0.6 is 15.9 Å². The van der Waals surface area contributed by atoms with E-state index in [0.29, 0.717) is 24.5 Å². The summed E-state index contributed by atoms with van der Waals surface area (Å²) in [6, 6.07) is 11.1. The van der Waals surface area contributed by atoms with Crippen LogP contribution in [0.15, 0.2) is 46.9 Å². The maximum absolute atomic E-state index is 12.9. The highest BCUT2D eigenvalue weighted by Gasteiger charge is 2.24. The second-order valence-corrected chi connectivity index (χ2v) is 5.34. The Bertz CT molecular complexity index is 657. The number of carbonyl (C=O) groups excluding carboxylic acids is 1. The Morgan fingerprint density at radius 3 is 2.70 bits per heavy atom. The van der Waals surface area contributed by atoms with Gasteiger partial charge in [0.1, 0.15) is 18.2 Å². The molecule has 0 saturated heterocycles. The van der Waals surface area contributed by atoms with E-state index in [-0.39, 0.29) is 11.7 Å². The van der Waals surface area contributed by atoms with E-state index in [1.165, 1.54) is 24.3 Å². The van der Waals surface area contributed by atoms with Gasteiger partial charge in [0.2, 0.25) is 0 Å². The lowest BCUT2D eigenvalue weighted by Crippen LogP contribution is -2.37. The van der Waals surface area contributed by atoms with Crippen molar-refractivity contribution in [2.75, 3.05) is 18.1 Å². The third kappa shape index (κ3) is 2.41. The van der Waals surface area contributed by atoms with Crippen LogP contribution < -0.4 is 9.64 Å². The Labute approximate surface area is 124 Å². The van der Waals surface area contributed by atoms with Crippen molar-refractivity contribution in [3.8, 4) is 5.75 Å². The molecule has 20 heavy (non-hydrogen) atoms. The fourth-order valence-electron chi connectivity index (χ4n) is 2.15. The number of fused-ring (bicyclic) bond motifs is 1. The normalized spacial score (nSPS) is 13.6. The van der Waals surface area contributed by atoms with Gasteiger partial charge >= 0.3 is 0 Å². The molecule has 0 unspecified atom stereocenters. The number of halogens is 2. The van der Waals surface area contributed by atoms with Crippen LogP contribution in [0.2, 0.25) is 0 Å². The molecule has 2 aromatic carbocycles. The van der Waals surface area contributed by atoms with Crippen molar-refractivity contribution >= 4 is 27.5 Å². The molecule has 0 fully saturated rings. The molecule has 2 aromatic rings. The zero-order chi connectivity index (χ0) is 14.1. The largest absolute Gasteiger partial charge is 0.489 e. The lowest BCUT2D eigenvalue weighted by molar-refractivity contribution is 0.0976. The average molecular weight is 336 g/mol. The first-order valence-electron chi connectivity index (χ1n) is 6.15. The van der Waals surface area contributed by atoms with Crippen molar-refractivity contribution < 1.29 is 13.9 Å². The molecule has 0 atom stereocenters. The van der Waals surface area contributed by atoms with Crippen LogP contribution in [-0.2, 0) is 0 Å². The van der Waals surface area contributed by atoms with Gasteiger partial charge in [-0.2, -0.15) is 0 Å². The van der Waals surface area contributed by atoms with Gasteiger partial charge in [0, 0.05) is 10.0 Å². The number of hydrogen-bond donors (Lipinski definition) is 0. The summed E-state index contributed by atoms with van der Waals surface area (Å²) in [5.74, 6) is 0.158. The highest BCUT2D eigenvalue weighted by molar-refractivity contribution is 9.10. The van der Waals surface area contributed by atoms with Gasteiger partial charge in [-0.1, -0.05) is 15.9 Å². The molecule has 0 aromatic heterocycles. The minimum Gasteiger partial charge on any atom is -0.489 e. The molecule has 1 amide bonds. The van der Waals surface area contributed by atoms with Gasteiger partial charge in [0.15, 0.2) is 0 Å². The molecule has 3 nitrogen and oxygen atoms in total. The number of hydrogen-bond acceptors (Lipinski definition) is 2. The van der Waals surface area contributed by atoms with Gasteiger partial charge < -0.3 is 9.64 Å². The average Bonchev–Trinajstić information content (AvgIpc) is 2.46. The predicted molar refractivity (Wildman–Crippen MR) is 77.7 cm³/mol. The number of rotatable bonds is 1. The molecule has 3 rings (SSSR count). The summed E-state index contributed by atoms with van der Waals surface area (Å²) in [7, 11) is 0. The van der Waals surface area contributed by atoms with Crippen LogP contribution in [0, 0.1) is 5.82 Å². The lowest BCUT2D eigenvalue weighted by Gasteiger charge is -2.29. The van der Waals surface area contributed by atoms with Crippen LogP contribution in [0.3, 0.4) is 0 Å². The van der Waals surface area contributed by atoms with Gasteiger partial charge in [-0.3, -0.25) is 4.79 Å². The minimum atomic E-state index is -0.354. The molecule has 5 heteroatoms. The van der Waals surface area contributed by atoms with Crippen molar-refractivity contribution in [3.05, 3.63) is 58.3 Å². The number of ether oxygens (including phenoxy) is 1. The Hall–Kier alpha value is -1.88. The van der Waals surface area contributed by atoms with Crippen molar-refractivity contribution in [2.45, 2.75) is 0 Å². The van der Waals surface area contributed by atoms with Gasteiger partial charge in [-0.15, -0.1) is 0 Å². The molecule has 1 aliphatic rings. The van der Waals surface area contributed by atoms with E-state index in [1.54, 1.807) is 4.90 Å². The van der Waals surface area contributed by atoms with E-state index in [0.717, 1.165) is 10.2 Å². The van der Waals surface area contributed by atoms with Gasteiger partial charge in [0.05, 0.1) is 12.2 Å². The Kier molecular flexibility index (Phi) is 3.44. The zero-order valence-corrected chi connectivity index (χ0v) is 12.1. The fraction of sp³-hybridized carbons (Fsp3) is 0.133. The van der Waals surface area contributed by atoms with Crippen LogP contribution in [0.4, 0.5) is 10.1 Å². The third-order valence-corrected chi connectivity index (χ3v) is 3.61. The molecule has 0 N–H and O–H groups in total. The Morgan fingerprint density at radius 1 is 1.20 bits per heavy atom. The topological polar surface area (TPSA) is 29.5 Å². The summed E-state index contributed by atoms with van der Waals surface area (Å²) < 4.78 is 19.4. The maximum Gasteiger partial charge on any atom is 0.258 e. The van der Waals surface area contributed by atoms with Crippen molar-refractivity contribution in [3.63, 3.8) is 0 Å². The SMILES string of the molecule is O=C(c1ccc(F)cc1)N1CCOc2cc(Br)ccc21. The molecule has 0 spiro atoms. The molecule has 0 bridgehead atoms. The number of anilines is 1. The standard InChI is InChI=1S/C15H11BrFNO2/c16-11-3-6-13-14(9-11)20-8-7-18(13)15(19)10-1-4-12(17)5-2-10/h1-6,9H,7-8H2. The summed E-state index contributed by atoms with van der Waals surface area (Å²) in [5.41, 5.74) is 1.19. The number of benzene rings is 2. The van der Waals surface area contributed by atoms with Gasteiger partial charge in [-0.25, -0.2) is 4.39 Å².